The maximum Gasteiger partial charge on any atom is 0.271 e. The first-order valence-corrected chi connectivity index (χ1v) is 12.4. The van der Waals surface area contributed by atoms with Gasteiger partial charge in [0.1, 0.15) is 20.8 Å². The van der Waals surface area contributed by atoms with Crippen LogP contribution in [0.15, 0.2) is 58.4 Å². The summed E-state index contributed by atoms with van der Waals surface area (Å²) in [5.41, 5.74) is 2.32. The number of ether oxygens (including phenoxy) is 1. The number of para-hydroxylation sites is 1. The number of thioether (sulfide) groups is 1. The molecule has 0 aliphatic carbocycles. The van der Waals surface area contributed by atoms with Crippen molar-refractivity contribution in [1.82, 2.24) is 4.57 Å². The molecule has 0 spiro atoms. The zero-order chi connectivity index (χ0) is 21.4. The molecule has 5 nitrogen and oxygen atoms in total. The van der Waals surface area contributed by atoms with Crippen LogP contribution < -0.4 is 24.2 Å². The summed E-state index contributed by atoms with van der Waals surface area (Å²) < 4.78 is 11.8. The predicted octanol–water partition coefficient (Wildman–Crippen LogP) is 2.53. The molecular weight excluding hydrogens is 426 g/mol. The minimum absolute atomic E-state index is 0.0767. The molecule has 1 saturated heterocycles. The van der Waals surface area contributed by atoms with E-state index in [2.05, 4.69) is 46.9 Å². The monoisotopic (exact) mass is 452 g/mol. The highest BCUT2D eigenvalue weighted by atomic mass is 32.2. The first-order chi connectivity index (χ1) is 15.2. The van der Waals surface area contributed by atoms with E-state index in [9.17, 15) is 4.79 Å². The maximum atomic E-state index is 13.6. The lowest BCUT2D eigenvalue weighted by Crippen LogP contribution is -2.38. The lowest BCUT2D eigenvalue weighted by molar-refractivity contribution is -0.695. The Bertz CT molecular complexity index is 1290. The summed E-state index contributed by atoms with van der Waals surface area (Å²) in [6.07, 6.45) is 6.40. The van der Waals surface area contributed by atoms with Gasteiger partial charge in [0, 0.05) is 36.8 Å². The number of aryl methyl sites for hydroxylation is 1. The molecule has 2 aromatic heterocycles. The van der Waals surface area contributed by atoms with Gasteiger partial charge in [-0.05, 0) is 38.0 Å². The van der Waals surface area contributed by atoms with Crippen molar-refractivity contribution in [3.8, 4) is 0 Å². The Hall–Kier alpha value is -2.35. The molecule has 0 amide bonds. The van der Waals surface area contributed by atoms with Crippen LogP contribution in [0.1, 0.15) is 25.5 Å². The molecule has 3 aromatic rings. The van der Waals surface area contributed by atoms with Gasteiger partial charge in [0.15, 0.2) is 6.20 Å². The molecule has 0 radical (unpaired) electrons. The Morgan fingerprint density at radius 2 is 2.06 bits per heavy atom. The van der Waals surface area contributed by atoms with Gasteiger partial charge >= 0.3 is 0 Å². The summed E-state index contributed by atoms with van der Waals surface area (Å²) in [6, 6.07) is 14.5. The normalized spacial score (nSPS) is 20.5. The van der Waals surface area contributed by atoms with E-state index in [1.165, 1.54) is 4.90 Å². The van der Waals surface area contributed by atoms with E-state index in [1.54, 1.807) is 23.1 Å². The van der Waals surface area contributed by atoms with Crippen LogP contribution in [0.25, 0.3) is 11.1 Å². The molecule has 160 valence electrons. The van der Waals surface area contributed by atoms with Crippen LogP contribution in [0.4, 0.5) is 5.69 Å². The van der Waals surface area contributed by atoms with Gasteiger partial charge in [0.2, 0.25) is 5.69 Å². The summed E-state index contributed by atoms with van der Waals surface area (Å²) in [6.45, 7) is 4.41. The van der Waals surface area contributed by atoms with Crippen molar-refractivity contribution >= 4 is 39.9 Å². The molecule has 5 rings (SSSR count). The van der Waals surface area contributed by atoms with Crippen molar-refractivity contribution in [2.75, 3.05) is 18.6 Å². The number of hydrogen-bond acceptors (Lipinski definition) is 5. The van der Waals surface area contributed by atoms with E-state index in [-0.39, 0.29) is 11.7 Å². The van der Waals surface area contributed by atoms with Crippen LogP contribution >= 0.6 is 23.1 Å². The SMILES string of the molecule is CC[n+]1ccccc1/C=c1\s/c(=C2\Sc3ccccc3N2C)c(=O)n1CC1CCCO1. The van der Waals surface area contributed by atoms with Crippen molar-refractivity contribution < 1.29 is 9.30 Å². The van der Waals surface area contributed by atoms with E-state index in [0.29, 0.717) is 6.54 Å². The predicted molar refractivity (Wildman–Crippen MR) is 127 cm³/mol. The second-order valence-corrected chi connectivity index (χ2v) is 9.87. The molecule has 4 heterocycles. The molecule has 2 aliphatic rings. The second-order valence-electron chi connectivity index (χ2n) is 7.81. The zero-order valence-corrected chi connectivity index (χ0v) is 19.4. The van der Waals surface area contributed by atoms with E-state index >= 15 is 0 Å². The number of pyridine rings is 1. The summed E-state index contributed by atoms with van der Waals surface area (Å²) in [7, 11) is 2.05. The van der Waals surface area contributed by atoms with E-state index in [1.807, 2.05) is 35.9 Å². The molecule has 1 unspecified atom stereocenters. The summed E-state index contributed by atoms with van der Waals surface area (Å²) in [5, 5.41) is 1.01. The van der Waals surface area contributed by atoms with Gasteiger partial charge in [-0.1, -0.05) is 23.9 Å². The van der Waals surface area contributed by atoms with E-state index in [0.717, 1.165) is 51.6 Å². The Morgan fingerprint density at radius 3 is 2.84 bits per heavy atom. The number of thiazole rings is 1. The van der Waals surface area contributed by atoms with Crippen LogP contribution in [0.3, 0.4) is 0 Å². The third-order valence-corrected chi connectivity index (χ3v) is 8.33. The fraction of sp³-hybridized carbons (Fsp3) is 0.333. The molecule has 1 aromatic carbocycles. The van der Waals surface area contributed by atoms with Crippen molar-refractivity contribution in [2.45, 2.75) is 43.9 Å². The first-order valence-electron chi connectivity index (χ1n) is 10.7. The topological polar surface area (TPSA) is 38.4 Å². The molecule has 7 heteroatoms. The number of rotatable bonds is 4. The molecule has 1 atom stereocenters. The zero-order valence-electron chi connectivity index (χ0n) is 17.8. The minimum atomic E-state index is 0.0767. The highest BCUT2D eigenvalue weighted by Gasteiger charge is 2.25. The Labute approximate surface area is 189 Å². The van der Waals surface area contributed by atoms with Crippen LogP contribution in [0.5, 0.6) is 0 Å². The van der Waals surface area contributed by atoms with Crippen molar-refractivity contribution in [3.63, 3.8) is 0 Å². The van der Waals surface area contributed by atoms with Crippen LogP contribution in [0.2, 0.25) is 0 Å². The largest absolute Gasteiger partial charge is 0.376 e. The van der Waals surface area contributed by atoms with Crippen LogP contribution in [-0.2, 0) is 17.8 Å². The number of hydrogen-bond donors (Lipinski definition) is 0. The fourth-order valence-corrected chi connectivity index (χ4v) is 6.58. The molecule has 0 N–H and O–H groups in total. The summed E-state index contributed by atoms with van der Waals surface area (Å²) in [5.74, 6) is 0. The van der Waals surface area contributed by atoms with Crippen molar-refractivity contribution in [1.29, 1.82) is 0 Å². The van der Waals surface area contributed by atoms with Gasteiger partial charge < -0.3 is 9.64 Å². The highest BCUT2D eigenvalue weighted by molar-refractivity contribution is 8.08. The lowest BCUT2D eigenvalue weighted by Gasteiger charge is -2.12. The Kier molecular flexibility index (Phi) is 5.73. The smallest absolute Gasteiger partial charge is 0.271 e. The number of aromatic nitrogens is 2. The standard InChI is InChI=1S/C24H26N3O2S2/c1-3-26-13-7-6-9-17(26)15-21-27(16-18-10-8-14-29-18)23(28)22(31-21)24-25(2)19-11-4-5-12-20(19)30-24/h4-7,9,11-13,15,18H,3,8,10,14,16H2,1-2H3/q+1/b24-22-. The Morgan fingerprint density at radius 1 is 1.23 bits per heavy atom. The van der Waals surface area contributed by atoms with Crippen LogP contribution in [-0.4, -0.2) is 24.3 Å². The van der Waals surface area contributed by atoms with Gasteiger partial charge in [0.25, 0.3) is 5.56 Å². The molecule has 31 heavy (non-hydrogen) atoms. The van der Waals surface area contributed by atoms with Gasteiger partial charge in [-0.2, -0.15) is 4.57 Å². The lowest BCUT2D eigenvalue weighted by atomic mass is 10.2. The van der Waals surface area contributed by atoms with Crippen molar-refractivity contribution in [2.24, 2.45) is 0 Å². The number of fused-ring (bicyclic) bond motifs is 1. The maximum absolute atomic E-state index is 13.6. The average molecular weight is 453 g/mol. The first kappa shape index (κ1) is 20.5. The van der Waals surface area contributed by atoms with E-state index < -0.39 is 0 Å². The summed E-state index contributed by atoms with van der Waals surface area (Å²) >= 11 is 3.26. The summed E-state index contributed by atoms with van der Waals surface area (Å²) in [4.78, 5) is 17.0. The third kappa shape index (κ3) is 3.86. The highest BCUT2D eigenvalue weighted by Crippen LogP contribution is 2.44. The molecular formula is C24H26N3O2S2+. The van der Waals surface area contributed by atoms with Crippen molar-refractivity contribution in [3.05, 3.63) is 73.9 Å². The fourth-order valence-electron chi connectivity index (χ4n) is 4.17. The molecule has 2 aliphatic heterocycles. The molecule has 1 fully saturated rings. The number of anilines is 1. The number of nitrogens with zero attached hydrogens (tertiary/aromatic N) is 3. The van der Waals surface area contributed by atoms with Crippen LogP contribution in [0, 0.1) is 0 Å². The molecule has 0 saturated carbocycles. The quantitative estimate of drug-likeness (QED) is 0.571. The second kappa shape index (κ2) is 8.65. The third-order valence-electron chi connectivity index (χ3n) is 5.84. The average Bonchev–Trinajstić information content (AvgIpc) is 3.50. The number of benzene rings is 1. The van der Waals surface area contributed by atoms with Gasteiger partial charge in [-0.25, -0.2) is 0 Å². The van der Waals surface area contributed by atoms with Gasteiger partial charge in [-0.15, -0.1) is 11.3 Å². The minimum Gasteiger partial charge on any atom is -0.376 e. The van der Waals surface area contributed by atoms with Gasteiger partial charge in [0.05, 0.1) is 18.3 Å². The molecule has 0 bridgehead atoms. The van der Waals surface area contributed by atoms with Gasteiger partial charge in [-0.3, -0.25) is 9.36 Å². The Balaban J connectivity index is 1.70. The van der Waals surface area contributed by atoms with E-state index in [4.69, 9.17) is 4.74 Å².